The standard InChI is InChI=1S/C10H20O/c1-7(2)9-5-4-8(3)6-10(9)11/h7-11H,4-6H2,1-3H3/t8?,9-,10+/m1/s1. The molecule has 1 N–H and O–H groups in total. The van der Waals surface area contributed by atoms with Gasteiger partial charge in [-0.3, -0.25) is 0 Å². The molecule has 0 amide bonds. The van der Waals surface area contributed by atoms with Crippen LogP contribution in [0, 0.1) is 17.8 Å². The highest BCUT2D eigenvalue weighted by Gasteiger charge is 2.28. The highest BCUT2D eigenvalue weighted by Crippen LogP contribution is 2.33. The van der Waals surface area contributed by atoms with Gasteiger partial charge in [0.2, 0.25) is 0 Å². The Bertz CT molecular complexity index is 120. The van der Waals surface area contributed by atoms with E-state index in [-0.39, 0.29) is 6.10 Å². The van der Waals surface area contributed by atoms with E-state index in [4.69, 9.17) is 0 Å². The molecule has 3 atom stereocenters. The summed E-state index contributed by atoms with van der Waals surface area (Å²) in [4.78, 5) is 0. The molecule has 0 saturated heterocycles. The Morgan fingerprint density at radius 2 is 1.91 bits per heavy atom. The lowest BCUT2D eigenvalue weighted by atomic mass is 9.75. The Labute approximate surface area is 69.8 Å². The first-order valence-corrected chi connectivity index (χ1v) is 4.79. The smallest absolute Gasteiger partial charge is 0.0573 e. The van der Waals surface area contributed by atoms with Crippen molar-refractivity contribution in [1.29, 1.82) is 0 Å². The van der Waals surface area contributed by atoms with Crippen LogP contribution in [-0.4, -0.2) is 11.2 Å². The van der Waals surface area contributed by atoms with Gasteiger partial charge in [-0.05, 0) is 30.6 Å². The van der Waals surface area contributed by atoms with Gasteiger partial charge in [0.25, 0.3) is 0 Å². The van der Waals surface area contributed by atoms with Gasteiger partial charge < -0.3 is 5.11 Å². The number of hydrogen-bond acceptors (Lipinski definition) is 1. The molecule has 1 nitrogen and oxygen atoms in total. The summed E-state index contributed by atoms with van der Waals surface area (Å²) in [6, 6.07) is 0. The van der Waals surface area contributed by atoms with Gasteiger partial charge in [-0.25, -0.2) is 0 Å². The summed E-state index contributed by atoms with van der Waals surface area (Å²) in [5.41, 5.74) is 0. The summed E-state index contributed by atoms with van der Waals surface area (Å²) < 4.78 is 0. The van der Waals surface area contributed by atoms with Crippen molar-refractivity contribution in [1.82, 2.24) is 0 Å². The van der Waals surface area contributed by atoms with Crippen LogP contribution in [0.4, 0.5) is 0 Å². The van der Waals surface area contributed by atoms with Gasteiger partial charge in [0.15, 0.2) is 0 Å². The lowest BCUT2D eigenvalue weighted by molar-refractivity contribution is 0.0266. The molecular formula is C10H20O. The van der Waals surface area contributed by atoms with Gasteiger partial charge >= 0.3 is 0 Å². The first-order chi connectivity index (χ1) is 5.11. The van der Waals surface area contributed by atoms with E-state index in [1.54, 1.807) is 0 Å². The second-order valence-electron chi connectivity index (χ2n) is 4.39. The van der Waals surface area contributed by atoms with Crippen LogP contribution in [0.1, 0.15) is 40.0 Å². The Morgan fingerprint density at radius 1 is 1.27 bits per heavy atom. The van der Waals surface area contributed by atoms with E-state index in [0.717, 1.165) is 12.3 Å². The van der Waals surface area contributed by atoms with Crippen LogP contribution in [0.5, 0.6) is 0 Å². The molecule has 11 heavy (non-hydrogen) atoms. The average molecular weight is 156 g/mol. The summed E-state index contributed by atoms with van der Waals surface area (Å²) >= 11 is 0. The van der Waals surface area contributed by atoms with Crippen LogP contribution >= 0.6 is 0 Å². The third kappa shape index (κ3) is 2.19. The molecule has 1 unspecified atom stereocenters. The molecule has 0 aliphatic heterocycles. The summed E-state index contributed by atoms with van der Waals surface area (Å²) in [7, 11) is 0. The van der Waals surface area contributed by atoms with Crippen molar-refractivity contribution < 1.29 is 5.11 Å². The monoisotopic (exact) mass is 156 g/mol. The molecule has 0 heterocycles. The normalized spacial score (nSPS) is 39.5. The largest absolute Gasteiger partial charge is 0.393 e. The van der Waals surface area contributed by atoms with Crippen LogP contribution in [-0.2, 0) is 0 Å². The quantitative estimate of drug-likeness (QED) is 0.618. The van der Waals surface area contributed by atoms with Crippen molar-refractivity contribution in [3.05, 3.63) is 0 Å². The van der Waals surface area contributed by atoms with Crippen molar-refractivity contribution in [3.63, 3.8) is 0 Å². The van der Waals surface area contributed by atoms with Gasteiger partial charge in [-0.1, -0.05) is 27.2 Å². The number of rotatable bonds is 1. The van der Waals surface area contributed by atoms with E-state index >= 15 is 0 Å². The number of hydrogen-bond donors (Lipinski definition) is 1. The van der Waals surface area contributed by atoms with Crippen molar-refractivity contribution in [2.45, 2.75) is 46.1 Å². The Kier molecular flexibility index (Phi) is 2.94. The Balaban J connectivity index is 2.44. The van der Waals surface area contributed by atoms with E-state index in [9.17, 15) is 5.11 Å². The average Bonchev–Trinajstić information content (AvgIpc) is 1.85. The minimum atomic E-state index is -0.0289. The van der Waals surface area contributed by atoms with Crippen LogP contribution in [0.25, 0.3) is 0 Å². The topological polar surface area (TPSA) is 20.2 Å². The zero-order valence-electron chi connectivity index (χ0n) is 7.88. The molecule has 0 aromatic heterocycles. The van der Waals surface area contributed by atoms with Gasteiger partial charge in [-0.15, -0.1) is 0 Å². The second-order valence-corrected chi connectivity index (χ2v) is 4.39. The maximum Gasteiger partial charge on any atom is 0.0573 e. The predicted molar refractivity (Wildman–Crippen MR) is 47.3 cm³/mol. The van der Waals surface area contributed by atoms with E-state index in [2.05, 4.69) is 20.8 Å². The molecule has 0 aromatic rings. The molecule has 1 aliphatic carbocycles. The third-order valence-corrected chi connectivity index (χ3v) is 2.99. The number of aliphatic hydroxyl groups excluding tert-OH is 1. The summed E-state index contributed by atoms with van der Waals surface area (Å²) in [5.74, 6) is 1.95. The number of aliphatic hydroxyl groups is 1. The van der Waals surface area contributed by atoms with Gasteiger partial charge in [0.05, 0.1) is 6.10 Å². The molecule has 66 valence electrons. The van der Waals surface area contributed by atoms with E-state index in [1.165, 1.54) is 12.8 Å². The SMILES string of the molecule is CC1CC[C@H](C(C)C)[C@@H](O)C1. The fourth-order valence-electron chi connectivity index (χ4n) is 2.15. The fourth-order valence-corrected chi connectivity index (χ4v) is 2.15. The van der Waals surface area contributed by atoms with Crippen molar-refractivity contribution in [2.75, 3.05) is 0 Å². The van der Waals surface area contributed by atoms with Crippen molar-refractivity contribution >= 4 is 0 Å². The lowest BCUT2D eigenvalue weighted by Gasteiger charge is -2.33. The third-order valence-electron chi connectivity index (χ3n) is 2.99. The molecule has 0 spiro atoms. The molecular weight excluding hydrogens is 136 g/mol. The molecule has 0 bridgehead atoms. The highest BCUT2D eigenvalue weighted by molar-refractivity contribution is 4.79. The molecule has 1 saturated carbocycles. The van der Waals surface area contributed by atoms with Crippen LogP contribution in [0.15, 0.2) is 0 Å². The minimum Gasteiger partial charge on any atom is -0.393 e. The minimum absolute atomic E-state index is 0.0289. The Morgan fingerprint density at radius 3 is 2.36 bits per heavy atom. The van der Waals surface area contributed by atoms with E-state index < -0.39 is 0 Å². The fraction of sp³-hybridized carbons (Fsp3) is 1.00. The molecule has 0 radical (unpaired) electrons. The first kappa shape index (κ1) is 9.05. The van der Waals surface area contributed by atoms with Crippen molar-refractivity contribution in [2.24, 2.45) is 17.8 Å². The van der Waals surface area contributed by atoms with Crippen LogP contribution < -0.4 is 0 Å². The Hall–Kier alpha value is -0.0400. The molecule has 1 heteroatoms. The molecule has 1 rings (SSSR count). The van der Waals surface area contributed by atoms with Crippen LogP contribution in [0.2, 0.25) is 0 Å². The van der Waals surface area contributed by atoms with Gasteiger partial charge in [0.1, 0.15) is 0 Å². The summed E-state index contributed by atoms with van der Waals surface area (Å²) in [5, 5.41) is 9.71. The van der Waals surface area contributed by atoms with Gasteiger partial charge in [-0.2, -0.15) is 0 Å². The van der Waals surface area contributed by atoms with E-state index in [0.29, 0.717) is 11.8 Å². The summed E-state index contributed by atoms with van der Waals surface area (Å²) in [6.45, 7) is 6.66. The lowest BCUT2D eigenvalue weighted by Crippen LogP contribution is -2.31. The highest BCUT2D eigenvalue weighted by atomic mass is 16.3. The molecule has 1 aliphatic rings. The second kappa shape index (κ2) is 3.57. The molecule has 0 aromatic carbocycles. The maximum absolute atomic E-state index is 9.71. The summed E-state index contributed by atoms with van der Waals surface area (Å²) in [6.07, 6.45) is 3.52. The zero-order valence-corrected chi connectivity index (χ0v) is 7.88. The zero-order chi connectivity index (χ0) is 8.43. The van der Waals surface area contributed by atoms with Gasteiger partial charge in [0, 0.05) is 0 Å². The molecule has 1 fully saturated rings. The van der Waals surface area contributed by atoms with E-state index in [1.807, 2.05) is 0 Å². The maximum atomic E-state index is 9.71. The predicted octanol–water partition coefficient (Wildman–Crippen LogP) is 2.44. The van der Waals surface area contributed by atoms with Crippen molar-refractivity contribution in [3.8, 4) is 0 Å². The first-order valence-electron chi connectivity index (χ1n) is 4.79. The van der Waals surface area contributed by atoms with Crippen LogP contribution in [0.3, 0.4) is 0 Å².